The van der Waals surface area contributed by atoms with E-state index in [4.69, 9.17) is 4.74 Å². The molecule has 0 unspecified atom stereocenters. The van der Waals surface area contributed by atoms with Crippen LogP contribution in [0.25, 0.3) is 0 Å². The van der Waals surface area contributed by atoms with Gasteiger partial charge in [-0.2, -0.15) is 11.8 Å². The highest BCUT2D eigenvalue weighted by Gasteiger charge is 2.10. The molecule has 0 aromatic heterocycles. The molecule has 1 fully saturated rings. The number of hydrogen-bond donors (Lipinski definition) is 0. The minimum absolute atomic E-state index is 0.229. The maximum atomic E-state index is 10.8. The quantitative estimate of drug-likeness (QED) is 0.391. The van der Waals surface area contributed by atoms with Crippen molar-refractivity contribution >= 4 is 17.7 Å². The van der Waals surface area contributed by atoms with Crippen molar-refractivity contribution in [1.82, 2.24) is 0 Å². The molecule has 10 heavy (non-hydrogen) atoms. The van der Waals surface area contributed by atoms with E-state index in [0.29, 0.717) is 12.2 Å². The molecule has 1 aliphatic heterocycles. The van der Waals surface area contributed by atoms with E-state index in [0.717, 1.165) is 17.9 Å². The van der Waals surface area contributed by atoms with Gasteiger partial charge in [-0.3, -0.25) is 0 Å². The Balaban J connectivity index is 2.43. The number of rotatable bonds is 0. The van der Waals surface area contributed by atoms with Crippen LogP contribution in [0.3, 0.4) is 0 Å². The summed E-state index contributed by atoms with van der Waals surface area (Å²) in [5.74, 6) is 1.55. The molecular weight excluding hydrogens is 148 g/mol. The molecule has 0 aliphatic carbocycles. The standard InChI is InChI=1S/C7H10O2S/c1-6-5-10-4-2-3-9-7(6)8/h1-5H2. The van der Waals surface area contributed by atoms with Gasteiger partial charge < -0.3 is 4.74 Å². The normalized spacial score (nSPS) is 21.2. The lowest BCUT2D eigenvalue weighted by molar-refractivity contribution is -0.138. The Morgan fingerprint density at radius 3 is 3.20 bits per heavy atom. The first kappa shape index (κ1) is 7.66. The Labute approximate surface area is 64.6 Å². The van der Waals surface area contributed by atoms with Gasteiger partial charge in [0.1, 0.15) is 0 Å². The maximum absolute atomic E-state index is 10.8. The van der Waals surface area contributed by atoms with Crippen LogP contribution in [0.1, 0.15) is 6.42 Å². The van der Waals surface area contributed by atoms with Crippen molar-refractivity contribution in [3.63, 3.8) is 0 Å². The first-order valence-electron chi connectivity index (χ1n) is 3.23. The lowest BCUT2D eigenvalue weighted by atomic mass is 10.3. The SMILES string of the molecule is C=C1CSCCCOC1=O. The Hall–Kier alpha value is -0.440. The van der Waals surface area contributed by atoms with Gasteiger partial charge in [0.2, 0.25) is 0 Å². The van der Waals surface area contributed by atoms with E-state index in [1.165, 1.54) is 0 Å². The molecule has 0 bridgehead atoms. The van der Waals surface area contributed by atoms with Crippen LogP contribution in [0.5, 0.6) is 0 Å². The van der Waals surface area contributed by atoms with Gasteiger partial charge in [0.05, 0.1) is 6.61 Å². The van der Waals surface area contributed by atoms with Crippen molar-refractivity contribution in [2.45, 2.75) is 6.42 Å². The molecule has 1 saturated heterocycles. The van der Waals surface area contributed by atoms with Crippen LogP contribution in [0, 0.1) is 0 Å². The summed E-state index contributed by atoms with van der Waals surface area (Å²) in [6.45, 7) is 4.15. The van der Waals surface area contributed by atoms with Crippen LogP contribution in [0.2, 0.25) is 0 Å². The van der Waals surface area contributed by atoms with Crippen molar-refractivity contribution in [3.8, 4) is 0 Å². The fraction of sp³-hybridized carbons (Fsp3) is 0.571. The van der Waals surface area contributed by atoms with Crippen molar-refractivity contribution in [3.05, 3.63) is 12.2 Å². The molecule has 0 N–H and O–H groups in total. The molecule has 56 valence electrons. The highest BCUT2D eigenvalue weighted by Crippen LogP contribution is 2.12. The topological polar surface area (TPSA) is 26.3 Å². The summed E-state index contributed by atoms with van der Waals surface area (Å²) in [4.78, 5) is 10.8. The van der Waals surface area contributed by atoms with Gasteiger partial charge in [-0.1, -0.05) is 6.58 Å². The average Bonchev–Trinajstić information content (AvgIpc) is 1.92. The molecule has 0 radical (unpaired) electrons. The first-order chi connectivity index (χ1) is 4.80. The van der Waals surface area contributed by atoms with E-state index >= 15 is 0 Å². The van der Waals surface area contributed by atoms with Gasteiger partial charge in [0.25, 0.3) is 0 Å². The first-order valence-corrected chi connectivity index (χ1v) is 4.39. The van der Waals surface area contributed by atoms with E-state index in [9.17, 15) is 4.79 Å². The number of ether oxygens (including phenoxy) is 1. The zero-order valence-corrected chi connectivity index (χ0v) is 6.58. The number of carbonyl (C=O) groups is 1. The molecule has 1 aliphatic rings. The fourth-order valence-corrected chi connectivity index (χ4v) is 1.51. The van der Waals surface area contributed by atoms with E-state index in [1.54, 1.807) is 11.8 Å². The highest BCUT2D eigenvalue weighted by molar-refractivity contribution is 7.99. The van der Waals surface area contributed by atoms with Gasteiger partial charge in [-0.15, -0.1) is 0 Å². The third-order valence-corrected chi connectivity index (χ3v) is 2.36. The van der Waals surface area contributed by atoms with Crippen molar-refractivity contribution < 1.29 is 9.53 Å². The molecule has 0 atom stereocenters. The molecule has 0 spiro atoms. The van der Waals surface area contributed by atoms with Crippen LogP contribution in [-0.2, 0) is 9.53 Å². The van der Waals surface area contributed by atoms with Crippen LogP contribution >= 0.6 is 11.8 Å². The number of thioether (sulfide) groups is 1. The van der Waals surface area contributed by atoms with Gasteiger partial charge in [0, 0.05) is 11.3 Å². The second kappa shape index (κ2) is 3.66. The minimum atomic E-state index is -0.229. The summed E-state index contributed by atoms with van der Waals surface area (Å²) in [7, 11) is 0. The predicted molar refractivity (Wildman–Crippen MR) is 42.0 cm³/mol. The van der Waals surface area contributed by atoms with E-state index < -0.39 is 0 Å². The Bertz CT molecular complexity index is 136. The second-order valence-electron chi connectivity index (χ2n) is 2.15. The summed E-state index contributed by atoms with van der Waals surface area (Å²) in [5.41, 5.74) is 0.588. The van der Waals surface area contributed by atoms with Crippen molar-refractivity contribution in [2.75, 3.05) is 18.1 Å². The molecule has 0 aromatic carbocycles. The minimum Gasteiger partial charge on any atom is -0.462 e. The van der Waals surface area contributed by atoms with Crippen molar-refractivity contribution in [1.29, 1.82) is 0 Å². The van der Waals surface area contributed by atoms with Gasteiger partial charge in [0.15, 0.2) is 0 Å². The molecule has 0 saturated carbocycles. The van der Waals surface area contributed by atoms with Crippen LogP contribution < -0.4 is 0 Å². The van der Waals surface area contributed by atoms with E-state index in [2.05, 4.69) is 6.58 Å². The zero-order valence-electron chi connectivity index (χ0n) is 5.76. The van der Waals surface area contributed by atoms with Gasteiger partial charge in [-0.05, 0) is 12.2 Å². The summed E-state index contributed by atoms with van der Waals surface area (Å²) in [5, 5.41) is 0. The molecule has 0 aromatic rings. The van der Waals surface area contributed by atoms with Crippen LogP contribution in [0.15, 0.2) is 12.2 Å². The number of esters is 1. The van der Waals surface area contributed by atoms with E-state index in [1.807, 2.05) is 0 Å². The molecular formula is C7H10O2S. The zero-order chi connectivity index (χ0) is 7.40. The predicted octanol–water partition coefficient (Wildman–Crippen LogP) is 1.22. The molecule has 3 heteroatoms. The number of carbonyl (C=O) groups excluding carboxylic acids is 1. The average molecular weight is 158 g/mol. The summed E-state index contributed by atoms with van der Waals surface area (Å²) >= 11 is 1.74. The summed E-state index contributed by atoms with van der Waals surface area (Å²) in [6, 6.07) is 0. The lowest BCUT2D eigenvalue weighted by Crippen LogP contribution is -2.13. The molecule has 2 nitrogen and oxygen atoms in total. The third kappa shape index (κ3) is 2.06. The maximum Gasteiger partial charge on any atom is 0.334 e. The van der Waals surface area contributed by atoms with E-state index in [-0.39, 0.29) is 5.97 Å². The molecule has 1 heterocycles. The Morgan fingerprint density at radius 2 is 2.40 bits per heavy atom. The monoisotopic (exact) mass is 158 g/mol. The van der Waals surface area contributed by atoms with Crippen LogP contribution in [0.4, 0.5) is 0 Å². The Morgan fingerprint density at radius 1 is 1.60 bits per heavy atom. The highest BCUT2D eigenvalue weighted by atomic mass is 32.2. The smallest absolute Gasteiger partial charge is 0.334 e. The summed E-state index contributed by atoms with van der Waals surface area (Å²) in [6.07, 6.45) is 0.962. The third-order valence-electron chi connectivity index (χ3n) is 1.23. The van der Waals surface area contributed by atoms with Crippen LogP contribution in [-0.4, -0.2) is 24.1 Å². The van der Waals surface area contributed by atoms with Crippen molar-refractivity contribution in [2.24, 2.45) is 0 Å². The lowest BCUT2D eigenvalue weighted by Gasteiger charge is -2.10. The summed E-state index contributed by atoms with van der Waals surface area (Å²) < 4.78 is 4.84. The molecule has 1 rings (SSSR count). The fourth-order valence-electron chi connectivity index (χ4n) is 0.682. The van der Waals surface area contributed by atoms with Gasteiger partial charge >= 0.3 is 5.97 Å². The molecule has 0 amide bonds. The Kier molecular flexibility index (Phi) is 2.81. The largest absolute Gasteiger partial charge is 0.462 e. The van der Waals surface area contributed by atoms with Gasteiger partial charge in [-0.25, -0.2) is 4.79 Å². The number of cyclic esters (lactones) is 1. The number of hydrogen-bond acceptors (Lipinski definition) is 3. The second-order valence-corrected chi connectivity index (χ2v) is 3.25.